The lowest BCUT2D eigenvalue weighted by Crippen LogP contribution is -2.29. The van der Waals surface area contributed by atoms with Gasteiger partial charge in [-0.1, -0.05) is 0 Å². The number of anilines is 1. The normalized spacial score (nSPS) is 18.1. The number of fused-ring (bicyclic) bond motifs is 1. The van der Waals surface area contributed by atoms with Gasteiger partial charge in [0.2, 0.25) is 0 Å². The maximum Gasteiger partial charge on any atom is 0.136 e. The van der Waals surface area contributed by atoms with Crippen molar-refractivity contribution in [2.24, 2.45) is 4.99 Å². The van der Waals surface area contributed by atoms with Gasteiger partial charge in [-0.3, -0.25) is 9.98 Å². The quantitative estimate of drug-likeness (QED) is 0.918. The van der Waals surface area contributed by atoms with Crippen LogP contribution in [0.1, 0.15) is 55.0 Å². The molecule has 5 heteroatoms. The Morgan fingerprint density at radius 3 is 2.65 bits per heavy atom. The minimum absolute atomic E-state index is 0.328. The molecule has 26 heavy (non-hydrogen) atoms. The average Bonchev–Trinajstić information content (AvgIpc) is 3.07. The van der Waals surface area contributed by atoms with E-state index in [1.54, 1.807) is 0 Å². The average molecular weight is 349 g/mol. The second-order valence-corrected chi connectivity index (χ2v) is 7.71. The van der Waals surface area contributed by atoms with Crippen LogP contribution < -0.4 is 5.32 Å². The lowest BCUT2D eigenvalue weighted by molar-refractivity contribution is 0.255. The van der Waals surface area contributed by atoms with Crippen molar-refractivity contribution in [2.75, 3.05) is 25.5 Å². The van der Waals surface area contributed by atoms with Crippen LogP contribution in [0.15, 0.2) is 35.6 Å². The first kappa shape index (κ1) is 17.2. The molecule has 0 unspecified atom stereocenters. The van der Waals surface area contributed by atoms with Crippen LogP contribution in [0.4, 0.5) is 5.82 Å². The monoisotopic (exact) mass is 349 g/mol. The van der Waals surface area contributed by atoms with Crippen LogP contribution >= 0.6 is 0 Å². The van der Waals surface area contributed by atoms with E-state index >= 15 is 0 Å². The smallest absolute Gasteiger partial charge is 0.136 e. The molecule has 0 aromatic carbocycles. The van der Waals surface area contributed by atoms with Gasteiger partial charge in [0.05, 0.1) is 18.0 Å². The largest absolute Gasteiger partial charge is 0.367 e. The summed E-state index contributed by atoms with van der Waals surface area (Å²) in [4.78, 5) is 16.4. The molecule has 4 heterocycles. The van der Waals surface area contributed by atoms with Crippen LogP contribution in [0, 0.1) is 0 Å². The Bertz CT molecular complexity index is 819. The van der Waals surface area contributed by atoms with Gasteiger partial charge in [0.15, 0.2) is 0 Å². The van der Waals surface area contributed by atoms with Gasteiger partial charge in [-0.15, -0.1) is 0 Å². The molecule has 1 fully saturated rings. The summed E-state index contributed by atoms with van der Waals surface area (Å²) >= 11 is 0. The van der Waals surface area contributed by atoms with Crippen molar-refractivity contribution in [3.05, 3.63) is 53.0 Å². The number of pyridine rings is 2. The molecule has 0 saturated carbocycles. The number of hydrogen-bond donors (Lipinski definition) is 1. The van der Waals surface area contributed by atoms with Gasteiger partial charge in [-0.2, -0.15) is 0 Å². The van der Waals surface area contributed by atoms with Gasteiger partial charge in [-0.05, 0) is 82.1 Å². The Balaban J connectivity index is 1.66. The predicted molar refractivity (Wildman–Crippen MR) is 106 cm³/mol. The van der Waals surface area contributed by atoms with E-state index in [-0.39, 0.29) is 0 Å². The Hall–Kier alpha value is -2.27. The van der Waals surface area contributed by atoms with Gasteiger partial charge in [-0.25, -0.2) is 4.98 Å². The highest BCUT2D eigenvalue weighted by Gasteiger charge is 2.25. The van der Waals surface area contributed by atoms with Crippen molar-refractivity contribution in [2.45, 2.75) is 45.2 Å². The standard InChI is InChI=1S/C21H27N5/c1-14(2)25-21-19-17(5-9-23-21)13-24-20(19)18-12-16(4-8-22-18)15-6-10-26(3)11-7-15/h4-5,8-9,12,14-15H,6-7,10-11,13H2,1-3H3,(H,23,25). The topological polar surface area (TPSA) is 53.4 Å². The molecule has 0 radical (unpaired) electrons. The zero-order valence-electron chi connectivity index (χ0n) is 15.9. The summed E-state index contributed by atoms with van der Waals surface area (Å²) in [6.45, 7) is 7.30. The molecule has 2 aliphatic rings. The molecule has 136 valence electrons. The number of aliphatic imine (C=N–C) groups is 1. The zero-order valence-corrected chi connectivity index (χ0v) is 15.9. The van der Waals surface area contributed by atoms with Crippen LogP contribution in [0.2, 0.25) is 0 Å². The van der Waals surface area contributed by atoms with Gasteiger partial charge >= 0.3 is 0 Å². The van der Waals surface area contributed by atoms with Crippen LogP contribution in [0.5, 0.6) is 0 Å². The van der Waals surface area contributed by atoms with E-state index in [4.69, 9.17) is 4.99 Å². The van der Waals surface area contributed by atoms with E-state index in [9.17, 15) is 0 Å². The number of nitrogens with zero attached hydrogens (tertiary/aromatic N) is 4. The lowest BCUT2D eigenvalue weighted by atomic mass is 9.89. The molecule has 0 bridgehead atoms. The lowest BCUT2D eigenvalue weighted by Gasteiger charge is -2.29. The number of aromatic nitrogens is 2. The maximum absolute atomic E-state index is 4.81. The molecular formula is C21H27N5. The minimum atomic E-state index is 0.328. The van der Waals surface area contributed by atoms with Crippen molar-refractivity contribution < 1.29 is 0 Å². The molecule has 0 spiro atoms. The molecule has 5 nitrogen and oxygen atoms in total. The Morgan fingerprint density at radius 1 is 1.12 bits per heavy atom. The summed E-state index contributed by atoms with van der Waals surface area (Å²) in [7, 11) is 2.20. The summed E-state index contributed by atoms with van der Waals surface area (Å²) in [5, 5.41) is 3.46. The van der Waals surface area contributed by atoms with Gasteiger partial charge < -0.3 is 10.2 Å². The van der Waals surface area contributed by atoms with Crippen LogP contribution in [0.3, 0.4) is 0 Å². The van der Waals surface area contributed by atoms with Crippen molar-refractivity contribution in [3.8, 4) is 0 Å². The van der Waals surface area contributed by atoms with Crippen LogP contribution in [-0.4, -0.2) is 46.8 Å². The second kappa shape index (κ2) is 7.16. The Labute approximate surface area is 155 Å². The van der Waals surface area contributed by atoms with Crippen molar-refractivity contribution in [1.82, 2.24) is 14.9 Å². The summed E-state index contributed by atoms with van der Waals surface area (Å²) < 4.78 is 0. The van der Waals surface area contributed by atoms with Crippen molar-refractivity contribution >= 4 is 11.5 Å². The molecule has 2 aliphatic heterocycles. The molecule has 1 saturated heterocycles. The molecule has 2 aromatic rings. The number of nitrogens with one attached hydrogen (secondary N) is 1. The Kier molecular flexibility index (Phi) is 4.72. The maximum atomic E-state index is 4.81. The van der Waals surface area contributed by atoms with E-state index in [0.29, 0.717) is 18.5 Å². The first-order valence-electron chi connectivity index (χ1n) is 9.56. The fourth-order valence-electron chi connectivity index (χ4n) is 3.91. The number of rotatable bonds is 4. The van der Waals surface area contributed by atoms with Gasteiger partial charge in [0, 0.05) is 24.0 Å². The third-order valence-electron chi connectivity index (χ3n) is 5.32. The molecule has 2 aromatic heterocycles. The highest BCUT2D eigenvalue weighted by atomic mass is 15.1. The van der Waals surface area contributed by atoms with Crippen LogP contribution in [0.25, 0.3) is 0 Å². The van der Waals surface area contributed by atoms with Crippen molar-refractivity contribution in [1.29, 1.82) is 0 Å². The second-order valence-electron chi connectivity index (χ2n) is 7.71. The molecular weight excluding hydrogens is 322 g/mol. The minimum Gasteiger partial charge on any atom is -0.367 e. The van der Waals surface area contributed by atoms with Crippen molar-refractivity contribution in [3.63, 3.8) is 0 Å². The van der Waals surface area contributed by atoms with E-state index in [0.717, 1.165) is 22.8 Å². The summed E-state index contributed by atoms with van der Waals surface area (Å²) in [6, 6.07) is 6.81. The molecule has 0 amide bonds. The highest BCUT2D eigenvalue weighted by Crippen LogP contribution is 2.31. The first-order valence-corrected chi connectivity index (χ1v) is 9.56. The van der Waals surface area contributed by atoms with Crippen LogP contribution in [-0.2, 0) is 6.54 Å². The van der Waals surface area contributed by atoms with Gasteiger partial charge in [0.1, 0.15) is 5.82 Å². The summed E-state index contributed by atoms with van der Waals surface area (Å²) in [6.07, 6.45) is 6.23. The number of likely N-dealkylation sites (tertiary alicyclic amines) is 1. The Morgan fingerprint density at radius 2 is 1.88 bits per heavy atom. The molecule has 0 atom stereocenters. The van der Waals surface area contributed by atoms with E-state index < -0.39 is 0 Å². The fourth-order valence-corrected chi connectivity index (χ4v) is 3.91. The third-order valence-corrected chi connectivity index (χ3v) is 5.32. The molecule has 1 N–H and O–H groups in total. The highest BCUT2D eigenvalue weighted by molar-refractivity contribution is 6.16. The third kappa shape index (κ3) is 3.36. The number of piperidine rings is 1. The van der Waals surface area contributed by atoms with E-state index in [2.05, 4.69) is 59.3 Å². The fraction of sp³-hybridized carbons (Fsp3) is 0.476. The SMILES string of the molecule is CC(C)Nc1nccc2c1C(c1cc(C3CCN(C)CC3)ccn1)=NC2. The summed E-state index contributed by atoms with van der Waals surface area (Å²) in [5.74, 6) is 1.54. The zero-order chi connectivity index (χ0) is 18.1. The number of hydrogen-bond acceptors (Lipinski definition) is 5. The summed E-state index contributed by atoms with van der Waals surface area (Å²) in [5.41, 5.74) is 5.69. The van der Waals surface area contributed by atoms with E-state index in [1.165, 1.54) is 37.1 Å². The predicted octanol–water partition coefficient (Wildman–Crippen LogP) is 3.46. The van der Waals surface area contributed by atoms with Gasteiger partial charge in [0.25, 0.3) is 0 Å². The molecule has 0 aliphatic carbocycles. The van der Waals surface area contributed by atoms with E-state index in [1.807, 2.05) is 12.4 Å². The molecule has 4 rings (SSSR count). The first-order chi connectivity index (χ1) is 12.6.